The number of para-hydroxylation sites is 1. The van der Waals surface area contributed by atoms with Crippen LogP contribution in [-0.4, -0.2) is 42.7 Å². The second-order valence-corrected chi connectivity index (χ2v) is 6.45. The lowest BCUT2D eigenvalue weighted by Crippen LogP contribution is -2.30. The molecule has 1 atom stereocenters. The number of hydrogen-bond acceptors (Lipinski definition) is 4. The van der Waals surface area contributed by atoms with Crippen molar-refractivity contribution in [2.45, 2.75) is 13.3 Å². The number of carbonyl (C=O) groups is 1. The number of nitrogens with zero attached hydrogens (tertiary/aromatic N) is 3. The van der Waals surface area contributed by atoms with E-state index in [0.29, 0.717) is 11.7 Å². The van der Waals surface area contributed by atoms with Gasteiger partial charge in [-0.15, -0.1) is 0 Å². The van der Waals surface area contributed by atoms with Crippen molar-refractivity contribution in [2.24, 2.45) is 5.92 Å². The third kappa shape index (κ3) is 3.50. The number of hydrogen-bond donors (Lipinski definition) is 1. The van der Waals surface area contributed by atoms with Gasteiger partial charge in [0.05, 0.1) is 0 Å². The molecule has 1 aliphatic heterocycles. The smallest absolute Gasteiger partial charge is 0.339 e. The van der Waals surface area contributed by atoms with Gasteiger partial charge in [0, 0.05) is 38.1 Å². The molecule has 1 N–H and O–H groups in total. The summed E-state index contributed by atoms with van der Waals surface area (Å²) in [6.45, 7) is 4.72. The lowest BCUT2D eigenvalue weighted by Gasteiger charge is -2.24. The molecule has 1 unspecified atom stereocenters. The van der Waals surface area contributed by atoms with Crippen molar-refractivity contribution in [1.29, 1.82) is 0 Å². The van der Waals surface area contributed by atoms with Crippen molar-refractivity contribution in [3.8, 4) is 0 Å². The zero-order valence-electron chi connectivity index (χ0n) is 14.1. The topological polar surface area (TPSA) is 56.7 Å². The highest BCUT2D eigenvalue weighted by molar-refractivity contribution is 5.93. The van der Waals surface area contributed by atoms with Gasteiger partial charge in [-0.2, -0.15) is 0 Å². The highest BCUT2D eigenvalue weighted by Crippen LogP contribution is 2.26. The molecule has 0 amide bonds. The van der Waals surface area contributed by atoms with Gasteiger partial charge in [-0.05, 0) is 43.5 Å². The first kappa shape index (κ1) is 16.3. The Kier molecular flexibility index (Phi) is 4.69. The van der Waals surface area contributed by atoms with Gasteiger partial charge in [-0.3, -0.25) is 0 Å². The Morgan fingerprint density at radius 2 is 2.04 bits per heavy atom. The number of aryl methyl sites for hydroxylation is 1. The minimum absolute atomic E-state index is 0.265. The van der Waals surface area contributed by atoms with E-state index in [1.165, 1.54) is 5.69 Å². The fourth-order valence-corrected chi connectivity index (χ4v) is 3.33. The summed E-state index contributed by atoms with van der Waals surface area (Å²) in [5.74, 6) is 0.126. The Labute approximate surface area is 142 Å². The molecule has 24 heavy (non-hydrogen) atoms. The summed E-state index contributed by atoms with van der Waals surface area (Å²) in [5, 5.41) is 9.38. The number of anilines is 2. The monoisotopic (exact) mass is 325 g/mol. The minimum Gasteiger partial charge on any atom is -0.478 e. The normalized spacial score (nSPS) is 17.1. The van der Waals surface area contributed by atoms with Crippen molar-refractivity contribution in [1.82, 2.24) is 4.98 Å². The predicted octanol–water partition coefficient (Wildman–Crippen LogP) is 3.05. The minimum atomic E-state index is -0.929. The van der Waals surface area contributed by atoms with Crippen LogP contribution in [0.2, 0.25) is 0 Å². The van der Waals surface area contributed by atoms with Crippen LogP contribution in [0.25, 0.3) is 0 Å². The van der Waals surface area contributed by atoms with Crippen LogP contribution in [0.4, 0.5) is 11.5 Å². The van der Waals surface area contributed by atoms with Crippen LogP contribution in [0, 0.1) is 12.8 Å². The number of pyridine rings is 1. The van der Waals surface area contributed by atoms with E-state index in [4.69, 9.17) is 0 Å². The van der Waals surface area contributed by atoms with Gasteiger partial charge in [0.1, 0.15) is 11.4 Å². The first-order valence-corrected chi connectivity index (χ1v) is 8.26. The first-order chi connectivity index (χ1) is 11.5. The van der Waals surface area contributed by atoms with Crippen LogP contribution in [0.15, 0.2) is 42.5 Å². The van der Waals surface area contributed by atoms with Gasteiger partial charge in [-0.1, -0.05) is 18.2 Å². The van der Waals surface area contributed by atoms with Crippen LogP contribution in [-0.2, 0) is 0 Å². The van der Waals surface area contributed by atoms with Gasteiger partial charge in [0.25, 0.3) is 0 Å². The Morgan fingerprint density at radius 1 is 1.29 bits per heavy atom. The molecule has 2 aromatic rings. The van der Waals surface area contributed by atoms with Gasteiger partial charge in [0.2, 0.25) is 0 Å². The summed E-state index contributed by atoms with van der Waals surface area (Å²) in [6, 6.07) is 13.8. The lowest BCUT2D eigenvalue weighted by molar-refractivity contribution is 0.0697. The molecule has 0 spiro atoms. The van der Waals surface area contributed by atoms with E-state index in [9.17, 15) is 9.90 Å². The standard InChI is InChI=1S/C19H23N3O2/c1-14-8-9-17(19(23)24)18(20-14)21(2)12-15-10-11-22(13-15)16-6-4-3-5-7-16/h3-9,15H,10-13H2,1-2H3,(H,23,24). The van der Waals surface area contributed by atoms with E-state index in [1.807, 2.05) is 24.9 Å². The summed E-state index contributed by atoms with van der Waals surface area (Å²) < 4.78 is 0. The third-order valence-electron chi connectivity index (χ3n) is 4.55. The van der Waals surface area contributed by atoms with Gasteiger partial charge < -0.3 is 14.9 Å². The maximum absolute atomic E-state index is 11.4. The van der Waals surface area contributed by atoms with E-state index in [0.717, 1.165) is 31.7 Å². The van der Waals surface area contributed by atoms with Crippen molar-refractivity contribution >= 4 is 17.5 Å². The van der Waals surface area contributed by atoms with Gasteiger partial charge in [-0.25, -0.2) is 9.78 Å². The summed E-state index contributed by atoms with van der Waals surface area (Å²) in [5.41, 5.74) is 2.35. The van der Waals surface area contributed by atoms with Crippen molar-refractivity contribution in [3.05, 3.63) is 53.7 Å². The van der Waals surface area contributed by atoms with Crippen molar-refractivity contribution < 1.29 is 9.90 Å². The van der Waals surface area contributed by atoms with E-state index in [-0.39, 0.29) is 5.56 Å². The van der Waals surface area contributed by atoms with E-state index >= 15 is 0 Å². The number of rotatable bonds is 5. The Balaban J connectivity index is 1.69. The Morgan fingerprint density at radius 3 is 2.75 bits per heavy atom. The van der Waals surface area contributed by atoms with Crippen LogP contribution < -0.4 is 9.80 Å². The highest BCUT2D eigenvalue weighted by atomic mass is 16.4. The van der Waals surface area contributed by atoms with Gasteiger partial charge >= 0.3 is 5.97 Å². The molecule has 3 rings (SSSR count). The number of benzene rings is 1. The SMILES string of the molecule is Cc1ccc(C(=O)O)c(N(C)CC2CCN(c3ccccc3)C2)n1. The molecule has 0 bridgehead atoms. The molecule has 1 aliphatic rings. The van der Waals surface area contributed by atoms with Crippen LogP contribution in [0.5, 0.6) is 0 Å². The molecule has 1 aromatic heterocycles. The summed E-state index contributed by atoms with van der Waals surface area (Å²) >= 11 is 0. The molecule has 0 radical (unpaired) electrons. The summed E-state index contributed by atoms with van der Waals surface area (Å²) in [6.07, 6.45) is 1.10. The first-order valence-electron chi connectivity index (χ1n) is 8.26. The summed E-state index contributed by atoms with van der Waals surface area (Å²) in [4.78, 5) is 20.3. The zero-order chi connectivity index (χ0) is 17.1. The number of aromatic nitrogens is 1. The highest BCUT2D eigenvalue weighted by Gasteiger charge is 2.25. The van der Waals surface area contributed by atoms with E-state index in [2.05, 4.69) is 34.1 Å². The molecule has 5 heteroatoms. The largest absolute Gasteiger partial charge is 0.478 e. The second-order valence-electron chi connectivity index (χ2n) is 6.45. The number of carboxylic acids is 1. The molecule has 1 fully saturated rings. The molecule has 2 heterocycles. The van der Waals surface area contributed by atoms with Crippen LogP contribution in [0.3, 0.4) is 0 Å². The second kappa shape index (κ2) is 6.91. The van der Waals surface area contributed by atoms with Crippen molar-refractivity contribution in [3.63, 3.8) is 0 Å². The maximum atomic E-state index is 11.4. The van der Waals surface area contributed by atoms with Crippen LogP contribution >= 0.6 is 0 Å². The van der Waals surface area contributed by atoms with E-state index < -0.39 is 5.97 Å². The zero-order valence-corrected chi connectivity index (χ0v) is 14.1. The molecule has 1 aromatic carbocycles. The van der Waals surface area contributed by atoms with Crippen LogP contribution in [0.1, 0.15) is 22.5 Å². The third-order valence-corrected chi connectivity index (χ3v) is 4.55. The molecule has 0 aliphatic carbocycles. The number of aromatic carboxylic acids is 1. The molecule has 1 saturated heterocycles. The predicted molar refractivity (Wildman–Crippen MR) is 96.0 cm³/mol. The lowest BCUT2D eigenvalue weighted by atomic mass is 10.1. The van der Waals surface area contributed by atoms with Gasteiger partial charge in [0.15, 0.2) is 0 Å². The summed E-state index contributed by atoms with van der Waals surface area (Å²) in [7, 11) is 1.93. The Hall–Kier alpha value is -2.56. The molecular weight excluding hydrogens is 302 g/mol. The van der Waals surface area contributed by atoms with E-state index in [1.54, 1.807) is 12.1 Å². The Bertz CT molecular complexity index is 718. The fourth-order valence-electron chi connectivity index (χ4n) is 3.33. The maximum Gasteiger partial charge on any atom is 0.339 e. The fraction of sp³-hybridized carbons (Fsp3) is 0.368. The molecule has 5 nitrogen and oxygen atoms in total. The molecular formula is C19H23N3O2. The quantitative estimate of drug-likeness (QED) is 0.915. The van der Waals surface area contributed by atoms with Crippen molar-refractivity contribution in [2.75, 3.05) is 36.5 Å². The average Bonchev–Trinajstić information content (AvgIpc) is 3.03. The molecule has 126 valence electrons. The molecule has 0 saturated carbocycles. The average molecular weight is 325 g/mol. The number of carboxylic acid groups (broad SMARTS) is 1.